The van der Waals surface area contributed by atoms with Crippen LogP contribution in [0.3, 0.4) is 0 Å². The maximum Gasteiger partial charge on any atom is 0.225 e. The van der Waals surface area contributed by atoms with Gasteiger partial charge in [0, 0.05) is 19.1 Å². The Hall–Kier alpha value is -0.650. The molecule has 0 spiro atoms. The second-order valence-corrected chi connectivity index (χ2v) is 6.62. The third-order valence-electron chi connectivity index (χ3n) is 5.20. The number of hydrogen-bond acceptors (Lipinski definition) is 4. The van der Waals surface area contributed by atoms with Crippen molar-refractivity contribution in [3.05, 3.63) is 0 Å². The number of rotatable bonds is 5. The van der Waals surface area contributed by atoms with Gasteiger partial charge in [-0.2, -0.15) is 0 Å². The van der Waals surface area contributed by atoms with Gasteiger partial charge in [-0.05, 0) is 45.2 Å². The van der Waals surface area contributed by atoms with Crippen LogP contribution in [0.1, 0.15) is 32.1 Å². The first-order valence-corrected chi connectivity index (χ1v) is 7.85. The van der Waals surface area contributed by atoms with E-state index in [1.807, 2.05) is 0 Å². The van der Waals surface area contributed by atoms with Crippen molar-refractivity contribution in [3.63, 3.8) is 0 Å². The van der Waals surface area contributed by atoms with E-state index in [1.165, 1.54) is 0 Å². The van der Waals surface area contributed by atoms with E-state index in [9.17, 15) is 4.79 Å². The van der Waals surface area contributed by atoms with E-state index in [-0.39, 0.29) is 23.3 Å². The molecule has 0 aromatic rings. The molecule has 2 bridgehead atoms. The molecule has 3 heterocycles. The summed E-state index contributed by atoms with van der Waals surface area (Å²) in [5.74, 6) is 0.265. The molecule has 3 fully saturated rings. The SMILES string of the molecule is COCC1(CNC(=O)C2CC3CCC2O3)CCNCC1. The highest BCUT2D eigenvalue weighted by Crippen LogP contribution is 2.39. The number of nitrogens with one attached hydrogen (secondary N) is 2. The van der Waals surface area contributed by atoms with E-state index in [1.54, 1.807) is 7.11 Å². The molecule has 5 heteroatoms. The molecule has 2 N–H and O–H groups in total. The Morgan fingerprint density at radius 2 is 2.20 bits per heavy atom. The van der Waals surface area contributed by atoms with E-state index in [0.717, 1.165) is 58.3 Å². The Labute approximate surface area is 120 Å². The van der Waals surface area contributed by atoms with Crippen molar-refractivity contribution in [1.29, 1.82) is 0 Å². The molecule has 3 aliphatic heterocycles. The summed E-state index contributed by atoms with van der Waals surface area (Å²) in [7, 11) is 1.75. The smallest absolute Gasteiger partial charge is 0.225 e. The van der Waals surface area contributed by atoms with E-state index in [4.69, 9.17) is 9.47 Å². The number of carbonyl (C=O) groups is 1. The first-order chi connectivity index (χ1) is 9.72. The largest absolute Gasteiger partial charge is 0.384 e. The second-order valence-electron chi connectivity index (χ2n) is 6.62. The summed E-state index contributed by atoms with van der Waals surface area (Å²) in [6, 6.07) is 0. The molecule has 1 amide bonds. The van der Waals surface area contributed by atoms with Crippen molar-refractivity contribution in [3.8, 4) is 0 Å². The highest BCUT2D eigenvalue weighted by atomic mass is 16.5. The van der Waals surface area contributed by atoms with Crippen molar-refractivity contribution in [2.45, 2.75) is 44.3 Å². The minimum Gasteiger partial charge on any atom is -0.384 e. The van der Waals surface area contributed by atoms with Crippen LogP contribution in [0.5, 0.6) is 0 Å². The fraction of sp³-hybridized carbons (Fsp3) is 0.933. The topological polar surface area (TPSA) is 59.6 Å². The van der Waals surface area contributed by atoms with Crippen molar-refractivity contribution in [2.24, 2.45) is 11.3 Å². The van der Waals surface area contributed by atoms with Crippen molar-refractivity contribution in [1.82, 2.24) is 10.6 Å². The average molecular weight is 282 g/mol. The minimum atomic E-state index is 0.0788. The number of ether oxygens (including phenoxy) is 2. The first kappa shape index (κ1) is 14.3. The summed E-state index contributed by atoms with van der Waals surface area (Å²) in [4.78, 5) is 12.4. The summed E-state index contributed by atoms with van der Waals surface area (Å²) >= 11 is 0. The van der Waals surface area contributed by atoms with E-state index >= 15 is 0 Å². The zero-order valence-corrected chi connectivity index (χ0v) is 12.3. The van der Waals surface area contributed by atoms with Gasteiger partial charge in [-0.15, -0.1) is 0 Å². The van der Waals surface area contributed by atoms with E-state index < -0.39 is 0 Å². The Bertz CT molecular complexity index is 350. The van der Waals surface area contributed by atoms with Crippen LogP contribution in [0, 0.1) is 11.3 Å². The Kier molecular flexibility index (Phi) is 4.29. The second kappa shape index (κ2) is 6.00. The number of methoxy groups -OCH3 is 1. The molecular formula is C15H26N2O3. The monoisotopic (exact) mass is 282 g/mol. The summed E-state index contributed by atoms with van der Waals surface area (Å²) in [5.41, 5.74) is 0.105. The number of carbonyl (C=O) groups excluding carboxylic acids is 1. The zero-order valence-electron chi connectivity index (χ0n) is 12.3. The number of piperidine rings is 1. The highest BCUT2D eigenvalue weighted by Gasteiger charge is 2.44. The maximum atomic E-state index is 12.4. The van der Waals surface area contributed by atoms with Crippen LogP contribution in [-0.2, 0) is 14.3 Å². The third kappa shape index (κ3) is 2.85. The molecule has 3 rings (SSSR count). The molecule has 20 heavy (non-hydrogen) atoms. The average Bonchev–Trinajstić information content (AvgIpc) is 3.09. The van der Waals surface area contributed by atoms with Gasteiger partial charge in [0.1, 0.15) is 0 Å². The van der Waals surface area contributed by atoms with Gasteiger partial charge < -0.3 is 20.1 Å². The molecule has 0 aromatic carbocycles. The highest BCUT2D eigenvalue weighted by molar-refractivity contribution is 5.79. The van der Waals surface area contributed by atoms with Crippen molar-refractivity contribution < 1.29 is 14.3 Å². The van der Waals surface area contributed by atoms with Gasteiger partial charge in [-0.3, -0.25) is 4.79 Å². The molecule has 3 unspecified atom stereocenters. The maximum absolute atomic E-state index is 12.4. The fourth-order valence-electron chi connectivity index (χ4n) is 3.95. The van der Waals surface area contributed by atoms with Gasteiger partial charge in [0.05, 0.1) is 24.7 Å². The van der Waals surface area contributed by atoms with Gasteiger partial charge in [-0.1, -0.05) is 0 Å². The van der Waals surface area contributed by atoms with Crippen molar-refractivity contribution >= 4 is 5.91 Å². The normalized spacial score (nSPS) is 35.1. The standard InChI is InChI=1S/C15H26N2O3/c1-19-10-15(4-6-16-7-5-15)9-17-14(18)12-8-11-2-3-13(12)20-11/h11-13,16H,2-10H2,1H3,(H,17,18). The van der Waals surface area contributed by atoms with E-state index in [2.05, 4.69) is 10.6 Å². The van der Waals surface area contributed by atoms with Crippen LogP contribution in [-0.4, -0.2) is 51.5 Å². The summed E-state index contributed by atoms with van der Waals surface area (Å²) in [5, 5.41) is 6.55. The predicted molar refractivity (Wildman–Crippen MR) is 75.4 cm³/mol. The third-order valence-corrected chi connectivity index (χ3v) is 5.20. The van der Waals surface area contributed by atoms with Gasteiger partial charge >= 0.3 is 0 Å². The Morgan fingerprint density at radius 3 is 2.80 bits per heavy atom. The van der Waals surface area contributed by atoms with E-state index in [0.29, 0.717) is 6.10 Å². The summed E-state index contributed by atoms with van der Waals surface area (Å²) in [6.07, 6.45) is 5.73. The van der Waals surface area contributed by atoms with Crippen LogP contribution in [0.4, 0.5) is 0 Å². The lowest BCUT2D eigenvalue weighted by molar-refractivity contribution is -0.127. The molecular weight excluding hydrogens is 256 g/mol. The van der Waals surface area contributed by atoms with Crippen LogP contribution >= 0.6 is 0 Å². The summed E-state index contributed by atoms with van der Waals surface area (Å²) in [6.45, 7) is 3.48. The number of hydrogen-bond donors (Lipinski definition) is 2. The fourth-order valence-corrected chi connectivity index (χ4v) is 3.95. The number of amides is 1. The molecule has 3 saturated heterocycles. The zero-order chi connectivity index (χ0) is 14.0. The number of fused-ring (bicyclic) bond motifs is 2. The van der Waals surface area contributed by atoms with Crippen molar-refractivity contribution in [2.75, 3.05) is 33.4 Å². The molecule has 0 radical (unpaired) electrons. The molecule has 5 nitrogen and oxygen atoms in total. The molecule has 3 atom stereocenters. The molecule has 0 saturated carbocycles. The lowest BCUT2D eigenvalue weighted by Crippen LogP contribution is -2.48. The quantitative estimate of drug-likeness (QED) is 0.779. The predicted octanol–water partition coefficient (Wildman–Crippen LogP) is 0.686. The van der Waals surface area contributed by atoms with Crippen LogP contribution in [0.2, 0.25) is 0 Å². The minimum absolute atomic E-state index is 0.0788. The Balaban J connectivity index is 1.53. The summed E-state index contributed by atoms with van der Waals surface area (Å²) < 4.78 is 11.2. The van der Waals surface area contributed by atoms with Crippen LogP contribution in [0.15, 0.2) is 0 Å². The lowest BCUT2D eigenvalue weighted by atomic mass is 9.79. The van der Waals surface area contributed by atoms with Gasteiger partial charge in [-0.25, -0.2) is 0 Å². The molecule has 0 aromatic heterocycles. The molecule has 0 aliphatic carbocycles. The van der Waals surface area contributed by atoms with Gasteiger partial charge in [0.2, 0.25) is 5.91 Å². The molecule has 3 aliphatic rings. The first-order valence-electron chi connectivity index (χ1n) is 7.85. The van der Waals surface area contributed by atoms with Gasteiger partial charge in [0.15, 0.2) is 0 Å². The molecule has 114 valence electrons. The van der Waals surface area contributed by atoms with Crippen LogP contribution in [0.25, 0.3) is 0 Å². The van der Waals surface area contributed by atoms with Crippen LogP contribution < -0.4 is 10.6 Å². The Morgan fingerprint density at radius 1 is 1.40 bits per heavy atom. The lowest BCUT2D eigenvalue weighted by Gasteiger charge is -2.37. The van der Waals surface area contributed by atoms with Gasteiger partial charge in [0.25, 0.3) is 0 Å².